The van der Waals surface area contributed by atoms with Gasteiger partial charge in [0.2, 0.25) is 0 Å². The molecule has 1 aromatic rings. The Morgan fingerprint density at radius 1 is 1.28 bits per heavy atom. The summed E-state index contributed by atoms with van der Waals surface area (Å²) >= 11 is 6.17. The van der Waals surface area contributed by atoms with E-state index in [9.17, 15) is 0 Å². The lowest BCUT2D eigenvalue weighted by atomic mass is 10.1. The molecule has 1 saturated heterocycles. The molecule has 0 aromatic heterocycles. The number of rotatable bonds is 2. The highest BCUT2D eigenvalue weighted by Gasteiger charge is 2.22. The van der Waals surface area contributed by atoms with Gasteiger partial charge in [-0.05, 0) is 18.4 Å². The third kappa shape index (κ3) is 2.49. The van der Waals surface area contributed by atoms with E-state index < -0.39 is 10.9 Å². The lowest BCUT2D eigenvalue weighted by molar-refractivity contribution is 0.212. The molecule has 0 bridgehead atoms. The first-order valence-corrected chi connectivity index (χ1v) is 7.59. The predicted molar refractivity (Wildman–Crippen MR) is 75.4 cm³/mol. The van der Waals surface area contributed by atoms with E-state index in [1.165, 1.54) is 5.56 Å². The van der Waals surface area contributed by atoms with E-state index in [2.05, 4.69) is 20.9 Å². The van der Waals surface area contributed by atoms with E-state index in [0.29, 0.717) is 17.5 Å². The molecule has 18 heavy (non-hydrogen) atoms. The summed E-state index contributed by atoms with van der Waals surface area (Å²) < 4.78 is 14.6. The second kappa shape index (κ2) is 5.24. The molecule has 2 aliphatic heterocycles. The van der Waals surface area contributed by atoms with Crippen molar-refractivity contribution in [1.82, 2.24) is 0 Å². The molecule has 0 amide bonds. The summed E-state index contributed by atoms with van der Waals surface area (Å²) in [5.74, 6) is 1.51. The van der Waals surface area contributed by atoms with E-state index in [0.717, 1.165) is 24.3 Å². The molecule has 1 unspecified atom stereocenters. The second-order valence-corrected chi connectivity index (χ2v) is 5.86. The van der Waals surface area contributed by atoms with Crippen molar-refractivity contribution >= 4 is 28.2 Å². The summed E-state index contributed by atoms with van der Waals surface area (Å²) in [6.45, 7) is 0.715. The van der Waals surface area contributed by atoms with Crippen molar-refractivity contribution in [2.24, 2.45) is 8.76 Å². The van der Waals surface area contributed by atoms with Crippen LogP contribution in [0.4, 0.5) is 0 Å². The maximum absolute atomic E-state index is 6.17. The molecule has 2 aliphatic rings. The molecule has 5 heteroatoms. The van der Waals surface area contributed by atoms with Crippen LogP contribution in [0.1, 0.15) is 18.4 Å². The predicted octanol–water partition coefficient (Wildman–Crippen LogP) is 3.58. The summed E-state index contributed by atoms with van der Waals surface area (Å²) in [6, 6.07) is 10.3. The van der Waals surface area contributed by atoms with Crippen LogP contribution in [0.15, 0.2) is 50.0 Å². The average molecular weight is 281 g/mol. The second-order valence-electron chi connectivity index (χ2n) is 4.17. The van der Waals surface area contributed by atoms with E-state index in [1.54, 1.807) is 0 Å². The Labute approximate surface area is 114 Å². The lowest BCUT2D eigenvalue weighted by Crippen LogP contribution is -2.19. The minimum Gasteiger partial charge on any atom is -0.488 e. The number of halogens is 1. The van der Waals surface area contributed by atoms with Gasteiger partial charge >= 0.3 is 0 Å². The molecule has 3 rings (SSSR count). The first-order chi connectivity index (χ1) is 8.83. The number of fused-ring (bicyclic) bond motifs is 1. The highest BCUT2D eigenvalue weighted by atomic mass is 35.5. The van der Waals surface area contributed by atoms with Gasteiger partial charge in [-0.1, -0.05) is 41.9 Å². The SMILES string of the molecule is ClC1=C2OCCCC2=NS(Cc2ccccc2)=N1. The van der Waals surface area contributed by atoms with Crippen LogP contribution < -0.4 is 0 Å². The highest BCUT2D eigenvalue weighted by molar-refractivity contribution is 7.85. The van der Waals surface area contributed by atoms with Gasteiger partial charge in [0.15, 0.2) is 10.9 Å². The molecule has 0 radical (unpaired) electrons. The number of nitrogens with zero attached hydrogens (tertiary/aromatic N) is 2. The molecule has 94 valence electrons. The van der Waals surface area contributed by atoms with Gasteiger partial charge < -0.3 is 4.74 Å². The molecular weight excluding hydrogens is 268 g/mol. The maximum atomic E-state index is 6.17. The van der Waals surface area contributed by atoms with Crippen LogP contribution in [0.25, 0.3) is 0 Å². The van der Waals surface area contributed by atoms with Gasteiger partial charge in [0.1, 0.15) is 0 Å². The van der Waals surface area contributed by atoms with Gasteiger partial charge in [-0.15, -0.1) is 0 Å². The van der Waals surface area contributed by atoms with Gasteiger partial charge in [0.25, 0.3) is 0 Å². The van der Waals surface area contributed by atoms with Crippen LogP contribution in [0.3, 0.4) is 0 Å². The fourth-order valence-corrected chi connectivity index (χ4v) is 3.71. The topological polar surface area (TPSA) is 34.0 Å². The molecule has 2 heterocycles. The third-order valence-electron chi connectivity index (χ3n) is 2.79. The number of allylic oxidation sites excluding steroid dienone is 1. The van der Waals surface area contributed by atoms with E-state index >= 15 is 0 Å². The van der Waals surface area contributed by atoms with Crippen molar-refractivity contribution in [1.29, 1.82) is 0 Å². The number of ether oxygens (including phenoxy) is 1. The fraction of sp³-hybridized carbons (Fsp3) is 0.308. The summed E-state index contributed by atoms with van der Waals surface area (Å²) in [7, 11) is -0.401. The Balaban J connectivity index is 1.87. The fourth-order valence-electron chi connectivity index (χ4n) is 1.95. The minimum absolute atomic E-state index is 0.401. The first-order valence-electron chi connectivity index (χ1n) is 5.90. The zero-order valence-electron chi connectivity index (χ0n) is 9.80. The zero-order valence-corrected chi connectivity index (χ0v) is 11.4. The molecule has 1 atom stereocenters. The Kier molecular flexibility index (Phi) is 3.48. The van der Waals surface area contributed by atoms with Crippen LogP contribution in [0.2, 0.25) is 0 Å². The normalized spacial score (nSPS) is 22.7. The molecule has 0 saturated carbocycles. The third-order valence-corrected chi connectivity index (χ3v) is 4.57. The smallest absolute Gasteiger partial charge is 0.182 e. The standard InChI is InChI=1S/C13H13ClN2OS/c14-13-12-11(7-4-8-17-12)15-18(16-13)9-10-5-2-1-3-6-10/h1-3,5-6H,4,7-9H2. The van der Waals surface area contributed by atoms with Gasteiger partial charge in [0.05, 0.1) is 18.1 Å². The van der Waals surface area contributed by atoms with E-state index in [4.69, 9.17) is 16.3 Å². The Morgan fingerprint density at radius 2 is 2.11 bits per heavy atom. The molecule has 0 spiro atoms. The van der Waals surface area contributed by atoms with Crippen LogP contribution >= 0.6 is 11.6 Å². The molecule has 3 nitrogen and oxygen atoms in total. The summed E-state index contributed by atoms with van der Waals surface area (Å²) in [6.07, 6.45) is 1.95. The van der Waals surface area contributed by atoms with Crippen molar-refractivity contribution in [3.63, 3.8) is 0 Å². The summed E-state index contributed by atoms with van der Waals surface area (Å²) in [5, 5.41) is 0.485. The highest BCUT2D eigenvalue weighted by Crippen LogP contribution is 2.27. The Morgan fingerprint density at radius 3 is 2.94 bits per heavy atom. The Hall–Kier alpha value is -1.13. The molecular formula is C13H13ClN2OS. The van der Waals surface area contributed by atoms with Gasteiger partial charge in [-0.3, -0.25) is 0 Å². The molecule has 1 aromatic carbocycles. The van der Waals surface area contributed by atoms with Crippen LogP contribution in [-0.4, -0.2) is 12.3 Å². The average Bonchev–Trinajstić information content (AvgIpc) is 2.40. The summed E-state index contributed by atoms with van der Waals surface area (Å²) in [4.78, 5) is 0. The molecule has 1 fully saturated rings. The number of hydrogen-bond donors (Lipinski definition) is 0. The largest absolute Gasteiger partial charge is 0.488 e. The van der Waals surface area contributed by atoms with Gasteiger partial charge in [-0.2, -0.15) is 4.36 Å². The van der Waals surface area contributed by atoms with E-state index in [-0.39, 0.29) is 0 Å². The maximum Gasteiger partial charge on any atom is 0.182 e. The van der Waals surface area contributed by atoms with Crippen molar-refractivity contribution in [3.8, 4) is 0 Å². The number of benzene rings is 1. The lowest BCUT2D eigenvalue weighted by Gasteiger charge is -2.21. The zero-order chi connectivity index (χ0) is 12.4. The first kappa shape index (κ1) is 11.9. The van der Waals surface area contributed by atoms with Crippen molar-refractivity contribution < 1.29 is 4.74 Å². The van der Waals surface area contributed by atoms with Crippen LogP contribution in [0, 0.1) is 0 Å². The summed E-state index contributed by atoms with van der Waals surface area (Å²) in [5.41, 5.74) is 2.22. The van der Waals surface area contributed by atoms with Crippen molar-refractivity contribution in [2.75, 3.05) is 6.61 Å². The van der Waals surface area contributed by atoms with Crippen molar-refractivity contribution in [3.05, 3.63) is 46.8 Å². The van der Waals surface area contributed by atoms with Gasteiger partial charge in [0, 0.05) is 10.9 Å². The number of hydrogen-bond acceptors (Lipinski definition) is 3. The molecule has 0 aliphatic carbocycles. The minimum atomic E-state index is -0.401. The van der Waals surface area contributed by atoms with Crippen LogP contribution in [0.5, 0.6) is 0 Å². The van der Waals surface area contributed by atoms with Crippen LogP contribution in [-0.2, 0) is 21.4 Å². The molecule has 0 N–H and O–H groups in total. The van der Waals surface area contributed by atoms with Crippen molar-refractivity contribution in [2.45, 2.75) is 18.6 Å². The Bertz CT molecular complexity index is 551. The quantitative estimate of drug-likeness (QED) is 0.763. The monoisotopic (exact) mass is 280 g/mol. The van der Waals surface area contributed by atoms with E-state index in [1.807, 2.05) is 18.2 Å². The van der Waals surface area contributed by atoms with Gasteiger partial charge in [-0.25, -0.2) is 4.40 Å².